The van der Waals surface area contributed by atoms with Crippen LogP contribution in [0.5, 0.6) is 5.75 Å². The number of ether oxygens (including phenoxy) is 1. The van der Waals surface area contributed by atoms with Crippen LogP contribution >= 0.6 is 23.4 Å². The van der Waals surface area contributed by atoms with Gasteiger partial charge in [-0.3, -0.25) is 24.1 Å². The number of benzene rings is 3. The van der Waals surface area contributed by atoms with Crippen molar-refractivity contribution < 1.29 is 23.9 Å². The summed E-state index contributed by atoms with van der Waals surface area (Å²) in [6.45, 7) is 3.55. The highest BCUT2D eigenvalue weighted by Gasteiger charge is 2.36. The molecule has 0 aromatic heterocycles. The van der Waals surface area contributed by atoms with E-state index in [9.17, 15) is 19.2 Å². The molecular weight excluding hydrogens is 538 g/mol. The van der Waals surface area contributed by atoms with Gasteiger partial charge in [-0.05, 0) is 77.3 Å². The zero-order valence-electron chi connectivity index (χ0n) is 21.3. The molecule has 0 unspecified atom stereocenters. The van der Waals surface area contributed by atoms with E-state index in [0.717, 1.165) is 27.9 Å². The van der Waals surface area contributed by atoms with E-state index in [2.05, 4.69) is 24.5 Å². The number of carbonyl (C=O) groups is 4. The maximum absolute atomic E-state index is 12.8. The fraction of sp³-hybridized carbons (Fsp3) is 0.172. The molecular formula is C29H26ClN3O5S. The zero-order chi connectivity index (χ0) is 27.9. The number of thioether (sulfide) groups is 1. The van der Waals surface area contributed by atoms with Crippen molar-refractivity contribution in [2.24, 2.45) is 0 Å². The molecule has 1 fully saturated rings. The van der Waals surface area contributed by atoms with Gasteiger partial charge in [-0.1, -0.05) is 55.8 Å². The Bertz CT molecular complexity index is 1420. The van der Waals surface area contributed by atoms with Crippen molar-refractivity contribution in [2.45, 2.75) is 19.8 Å². The normalized spacial score (nSPS) is 14.2. The fourth-order valence-corrected chi connectivity index (χ4v) is 4.74. The summed E-state index contributed by atoms with van der Waals surface area (Å²) in [7, 11) is 0. The predicted octanol–water partition coefficient (Wildman–Crippen LogP) is 6.16. The highest BCUT2D eigenvalue weighted by atomic mass is 35.5. The van der Waals surface area contributed by atoms with E-state index < -0.39 is 23.6 Å². The van der Waals surface area contributed by atoms with E-state index in [0.29, 0.717) is 22.0 Å². The lowest BCUT2D eigenvalue weighted by Crippen LogP contribution is -2.36. The predicted molar refractivity (Wildman–Crippen MR) is 154 cm³/mol. The lowest BCUT2D eigenvalue weighted by molar-refractivity contribution is -0.127. The van der Waals surface area contributed by atoms with Crippen molar-refractivity contribution in [1.82, 2.24) is 4.90 Å². The number of rotatable bonds is 9. The summed E-state index contributed by atoms with van der Waals surface area (Å²) in [5.74, 6) is -0.579. The molecule has 0 radical (unpaired) electrons. The van der Waals surface area contributed by atoms with Crippen molar-refractivity contribution in [3.8, 4) is 5.75 Å². The molecule has 4 amide bonds. The molecule has 0 aliphatic carbocycles. The Kier molecular flexibility index (Phi) is 9.06. The number of imide groups is 1. The van der Waals surface area contributed by atoms with Gasteiger partial charge in [0.1, 0.15) is 12.3 Å². The maximum atomic E-state index is 12.8. The molecule has 0 atom stereocenters. The summed E-state index contributed by atoms with van der Waals surface area (Å²) in [6, 6.07) is 20.9. The van der Waals surface area contributed by atoms with Crippen molar-refractivity contribution >= 4 is 63.8 Å². The van der Waals surface area contributed by atoms with E-state index in [1.807, 2.05) is 24.3 Å². The molecule has 3 aromatic rings. The zero-order valence-corrected chi connectivity index (χ0v) is 22.8. The molecule has 0 spiro atoms. The monoisotopic (exact) mass is 563 g/mol. The highest BCUT2D eigenvalue weighted by molar-refractivity contribution is 8.18. The molecule has 0 saturated carbocycles. The SMILES string of the molecule is CC(C)c1ccccc1NC(=O)COc1ccc(/C=C2/SC(=O)N(CC(=O)Nc3ccc(Cl)cc3)C2=O)cc1. The van der Waals surface area contributed by atoms with Gasteiger partial charge in [0, 0.05) is 16.4 Å². The van der Waals surface area contributed by atoms with E-state index >= 15 is 0 Å². The van der Waals surface area contributed by atoms with Gasteiger partial charge in [0.25, 0.3) is 17.1 Å². The Morgan fingerprint density at radius 3 is 2.33 bits per heavy atom. The second-order valence-corrected chi connectivity index (χ2v) is 10.4. The number of carbonyl (C=O) groups excluding carboxylic acids is 4. The van der Waals surface area contributed by atoms with Crippen LogP contribution < -0.4 is 15.4 Å². The van der Waals surface area contributed by atoms with Crippen molar-refractivity contribution in [3.05, 3.63) is 93.9 Å². The Morgan fingerprint density at radius 2 is 1.64 bits per heavy atom. The Morgan fingerprint density at radius 1 is 0.949 bits per heavy atom. The topological polar surface area (TPSA) is 105 Å². The van der Waals surface area contributed by atoms with Gasteiger partial charge in [-0.25, -0.2) is 0 Å². The van der Waals surface area contributed by atoms with Gasteiger partial charge < -0.3 is 15.4 Å². The summed E-state index contributed by atoms with van der Waals surface area (Å²) in [5, 5.41) is 5.51. The average Bonchev–Trinajstić information content (AvgIpc) is 3.17. The van der Waals surface area contributed by atoms with E-state index in [4.69, 9.17) is 16.3 Å². The summed E-state index contributed by atoms with van der Waals surface area (Å²) in [5.41, 5.74) is 2.97. The minimum atomic E-state index is -0.546. The van der Waals surface area contributed by atoms with Gasteiger partial charge in [0.15, 0.2) is 6.61 Å². The molecule has 0 bridgehead atoms. The second-order valence-electron chi connectivity index (χ2n) is 8.97. The van der Waals surface area contributed by atoms with Crippen LogP contribution in [0.3, 0.4) is 0 Å². The van der Waals surface area contributed by atoms with Crippen molar-refractivity contribution in [2.75, 3.05) is 23.8 Å². The van der Waals surface area contributed by atoms with Crippen molar-refractivity contribution in [1.29, 1.82) is 0 Å². The van der Waals surface area contributed by atoms with Gasteiger partial charge in [-0.15, -0.1) is 0 Å². The van der Waals surface area contributed by atoms with Crippen LogP contribution in [0.1, 0.15) is 30.9 Å². The number of halogens is 1. The fourth-order valence-electron chi connectivity index (χ4n) is 3.77. The van der Waals surface area contributed by atoms with E-state index in [1.165, 1.54) is 0 Å². The number of nitrogens with one attached hydrogen (secondary N) is 2. The third-order valence-corrected chi connectivity index (χ3v) is 6.87. The molecule has 1 heterocycles. The van der Waals surface area contributed by atoms with Crippen LogP contribution in [0.25, 0.3) is 6.08 Å². The Hall–Kier alpha value is -4.08. The Balaban J connectivity index is 1.31. The number of hydrogen-bond acceptors (Lipinski definition) is 6. The number of amides is 4. The van der Waals surface area contributed by atoms with Gasteiger partial charge in [-0.2, -0.15) is 0 Å². The molecule has 1 aliphatic rings. The van der Waals surface area contributed by atoms with Gasteiger partial charge >= 0.3 is 0 Å². The molecule has 1 saturated heterocycles. The lowest BCUT2D eigenvalue weighted by Gasteiger charge is -2.14. The van der Waals surface area contributed by atoms with Crippen LogP contribution in [-0.2, 0) is 14.4 Å². The summed E-state index contributed by atoms with van der Waals surface area (Å²) in [4.78, 5) is 51.0. The molecule has 4 rings (SSSR count). The third-order valence-electron chi connectivity index (χ3n) is 5.71. The minimum Gasteiger partial charge on any atom is -0.484 e. The first-order valence-corrected chi connectivity index (χ1v) is 13.3. The first-order chi connectivity index (χ1) is 18.7. The van der Waals surface area contributed by atoms with Crippen LogP contribution in [0.2, 0.25) is 5.02 Å². The van der Waals surface area contributed by atoms with E-state index in [1.54, 1.807) is 54.6 Å². The van der Waals surface area contributed by atoms with Crippen LogP contribution in [0, 0.1) is 0 Å². The molecule has 3 aromatic carbocycles. The maximum Gasteiger partial charge on any atom is 0.294 e. The standard InChI is InChI=1S/C29H26ClN3O5S/c1-18(2)23-5-3-4-6-24(23)32-27(35)17-38-22-13-7-19(8-14-22)15-25-28(36)33(29(37)39-25)16-26(34)31-21-11-9-20(30)10-12-21/h3-15,18H,16-17H2,1-2H3,(H,31,34)(H,32,35)/b25-15+. The van der Waals surface area contributed by atoms with Crippen LogP contribution in [0.4, 0.5) is 16.2 Å². The largest absolute Gasteiger partial charge is 0.484 e. The van der Waals surface area contributed by atoms with Crippen molar-refractivity contribution in [3.63, 3.8) is 0 Å². The summed E-state index contributed by atoms with van der Waals surface area (Å²) >= 11 is 6.61. The van der Waals surface area contributed by atoms with Crippen LogP contribution in [0.15, 0.2) is 77.7 Å². The first kappa shape index (κ1) is 27.9. The quantitative estimate of drug-likeness (QED) is 0.302. The molecule has 2 N–H and O–H groups in total. The summed E-state index contributed by atoms with van der Waals surface area (Å²) in [6.07, 6.45) is 1.57. The molecule has 39 heavy (non-hydrogen) atoms. The van der Waals surface area contributed by atoms with E-state index in [-0.39, 0.29) is 23.3 Å². The number of nitrogens with zero attached hydrogens (tertiary/aromatic N) is 1. The highest BCUT2D eigenvalue weighted by Crippen LogP contribution is 2.32. The van der Waals surface area contributed by atoms with Crippen LogP contribution in [-0.4, -0.2) is 41.0 Å². The Labute approximate surface area is 235 Å². The number of anilines is 2. The lowest BCUT2D eigenvalue weighted by atomic mass is 10.0. The summed E-state index contributed by atoms with van der Waals surface area (Å²) < 4.78 is 5.60. The minimum absolute atomic E-state index is 0.164. The molecule has 1 aliphatic heterocycles. The average molecular weight is 564 g/mol. The van der Waals surface area contributed by atoms with Gasteiger partial charge in [0.05, 0.1) is 4.91 Å². The first-order valence-electron chi connectivity index (χ1n) is 12.1. The molecule has 8 nitrogen and oxygen atoms in total. The smallest absolute Gasteiger partial charge is 0.294 e. The third kappa shape index (κ3) is 7.49. The number of hydrogen-bond donors (Lipinski definition) is 2. The second kappa shape index (κ2) is 12.6. The molecule has 200 valence electrons. The van der Waals surface area contributed by atoms with Gasteiger partial charge in [0.2, 0.25) is 5.91 Å². The number of para-hydroxylation sites is 1. The molecule has 10 heteroatoms.